The van der Waals surface area contributed by atoms with E-state index < -0.39 is 9.05 Å². The molecule has 0 spiro atoms. The van der Waals surface area contributed by atoms with Crippen molar-refractivity contribution in [3.8, 4) is 0 Å². The Morgan fingerprint density at radius 3 is 1.00 bits per heavy atom. The molecule has 0 aromatic heterocycles. The molecule has 0 aliphatic heterocycles. The van der Waals surface area contributed by atoms with Crippen LogP contribution in [-0.4, -0.2) is 51.3 Å². The van der Waals surface area contributed by atoms with E-state index in [2.05, 4.69) is 0 Å². The Kier molecular flexibility index (Phi) is 15.2. The van der Waals surface area contributed by atoms with Gasteiger partial charge in [0.05, 0.1) is 0 Å². The molecular formula is H7KMgO4Si. The average molecular weight is 163 g/mol. The quantitative estimate of drug-likeness (QED) is 0.268. The molecular weight excluding hydrogens is 155 g/mol. The van der Waals surface area contributed by atoms with Crippen molar-refractivity contribution in [2.45, 2.75) is 0 Å². The monoisotopic (exact) mass is 162 g/mol. The molecule has 0 saturated heterocycles. The Morgan fingerprint density at radius 2 is 1.00 bits per heavy atom. The molecule has 0 rings (SSSR count). The van der Waals surface area contributed by atoms with Crippen LogP contribution in [0.1, 0.15) is 4.28 Å². The predicted molar refractivity (Wildman–Crippen MR) is 23.7 cm³/mol. The van der Waals surface area contributed by atoms with Crippen molar-refractivity contribution in [2.24, 2.45) is 0 Å². The second-order valence-corrected chi connectivity index (χ2v) is 1.80. The third kappa shape index (κ3) is 58.4. The van der Waals surface area contributed by atoms with Crippen molar-refractivity contribution >= 4 is 32.1 Å². The average Bonchev–Trinajstić information content (AvgIpc) is 0.722. The molecule has 4 N–H and O–H groups in total. The molecule has 0 radical (unpaired) electrons. The second-order valence-electron chi connectivity index (χ2n) is 0.600. The summed E-state index contributed by atoms with van der Waals surface area (Å²) < 4.78 is 0. The molecule has 0 aromatic carbocycles. The van der Waals surface area contributed by atoms with Crippen molar-refractivity contribution < 1.29 is 74.8 Å². The van der Waals surface area contributed by atoms with Crippen LogP contribution >= 0.6 is 0 Å². The maximum absolute atomic E-state index is 7.33. The van der Waals surface area contributed by atoms with E-state index in [1.165, 1.54) is 0 Å². The molecule has 0 bridgehead atoms. The Balaban J connectivity index is -0.00000000800. The van der Waals surface area contributed by atoms with Gasteiger partial charge in [0.15, 0.2) is 0 Å². The summed E-state index contributed by atoms with van der Waals surface area (Å²) in [7, 11) is -4.61. The third-order valence-electron chi connectivity index (χ3n) is 0. The fourth-order valence-electron chi connectivity index (χ4n) is 0. The molecule has 0 aliphatic carbocycles. The zero-order valence-electron chi connectivity index (χ0n) is 7.00. The zero-order valence-corrected chi connectivity index (χ0v) is 9.53. The van der Waals surface area contributed by atoms with Gasteiger partial charge in [-0.1, -0.05) is 0 Å². The minimum absolute atomic E-state index is 0. The molecule has 0 heterocycles. The molecule has 7 heavy (non-hydrogen) atoms. The number of rotatable bonds is 0. The van der Waals surface area contributed by atoms with Crippen LogP contribution in [0.2, 0.25) is 0 Å². The zero-order chi connectivity index (χ0) is 4.50. The van der Waals surface area contributed by atoms with Gasteiger partial charge in [0.25, 0.3) is 0 Å². The van der Waals surface area contributed by atoms with Crippen LogP contribution in [0.3, 0.4) is 0 Å². The molecule has 38 valence electrons. The van der Waals surface area contributed by atoms with Gasteiger partial charge in [-0.05, 0) is 0 Å². The van der Waals surface area contributed by atoms with Crippen molar-refractivity contribution in [3.05, 3.63) is 0 Å². The molecule has 0 aromatic rings. The van der Waals surface area contributed by atoms with Crippen LogP contribution in [0.5, 0.6) is 0 Å². The summed E-state index contributed by atoms with van der Waals surface area (Å²) in [4.78, 5) is 29.3. The van der Waals surface area contributed by atoms with Gasteiger partial charge in [-0.25, -0.2) is 0 Å². The molecule has 0 amide bonds. The van der Waals surface area contributed by atoms with Crippen LogP contribution in [0, 0.1) is 0 Å². The summed E-state index contributed by atoms with van der Waals surface area (Å²) >= 11 is 0. The standard InChI is InChI=1S/K.Mg.H4O4Si.3H/c;;1-5(2,3)4;;;/h;;1-4H;;;/q+1;+2;;3*-1. The summed E-state index contributed by atoms with van der Waals surface area (Å²) in [6.45, 7) is 0. The SMILES string of the molecule is O[Si](O)(O)O.[H-].[H-].[H-].[K+].[Mg+2]. The Labute approximate surface area is 105 Å². The summed E-state index contributed by atoms with van der Waals surface area (Å²) in [5, 5.41) is 0. The largest absolute Gasteiger partial charge is 2.00 e. The van der Waals surface area contributed by atoms with Gasteiger partial charge >= 0.3 is 83.5 Å². The Morgan fingerprint density at radius 1 is 1.00 bits per heavy atom. The minimum atomic E-state index is -4.61. The smallest absolute Gasteiger partial charge is 1.00 e. The Hall–Kier alpha value is 2.46. The third-order valence-corrected chi connectivity index (χ3v) is 0. The topological polar surface area (TPSA) is 80.9 Å². The molecule has 7 heteroatoms. The Bertz CT molecular complexity index is 36.0. The summed E-state index contributed by atoms with van der Waals surface area (Å²) in [5.41, 5.74) is 0. The van der Waals surface area contributed by atoms with Gasteiger partial charge < -0.3 is 23.5 Å². The predicted octanol–water partition coefficient (Wildman–Crippen LogP) is -5.65. The van der Waals surface area contributed by atoms with Gasteiger partial charge in [-0.2, -0.15) is 0 Å². The normalized spacial score (nSPS) is 8.57. The van der Waals surface area contributed by atoms with Crippen LogP contribution in [-0.2, 0) is 0 Å². The maximum Gasteiger partial charge on any atom is 2.00 e. The van der Waals surface area contributed by atoms with Crippen LogP contribution in [0.25, 0.3) is 0 Å². The summed E-state index contributed by atoms with van der Waals surface area (Å²) in [6, 6.07) is 0. The van der Waals surface area contributed by atoms with Crippen molar-refractivity contribution in [1.82, 2.24) is 0 Å². The van der Waals surface area contributed by atoms with E-state index in [9.17, 15) is 0 Å². The van der Waals surface area contributed by atoms with E-state index in [4.69, 9.17) is 19.2 Å². The van der Waals surface area contributed by atoms with E-state index >= 15 is 0 Å². The number of hydrogen-bond donors (Lipinski definition) is 4. The molecule has 0 saturated carbocycles. The van der Waals surface area contributed by atoms with E-state index in [1.807, 2.05) is 0 Å². The molecule has 0 atom stereocenters. The molecule has 4 nitrogen and oxygen atoms in total. The fourth-order valence-corrected chi connectivity index (χ4v) is 0. The van der Waals surface area contributed by atoms with Gasteiger partial charge in [0, 0.05) is 0 Å². The summed E-state index contributed by atoms with van der Waals surface area (Å²) in [5.74, 6) is 0. The molecule has 0 fully saturated rings. The minimum Gasteiger partial charge on any atom is -1.00 e. The van der Waals surface area contributed by atoms with Crippen LogP contribution in [0.4, 0.5) is 0 Å². The van der Waals surface area contributed by atoms with Gasteiger partial charge in [-0.3, -0.25) is 0 Å². The fraction of sp³-hybridized carbons (Fsp3) is 0. The first-order valence-electron chi connectivity index (χ1n) is 0.894. The molecule has 0 unspecified atom stereocenters. The first-order valence-corrected chi connectivity index (χ1v) is 2.68. The van der Waals surface area contributed by atoms with Crippen LogP contribution < -0.4 is 51.4 Å². The van der Waals surface area contributed by atoms with Crippen molar-refractivity contribution in [3.63, 3.8) is 0 Å². The van der Waals surface area contributed by atoms with E-state index in [1.54, 1.807) is 0 Å². The number of hydrogen-bond acceptors (Lipinski definition) is 4. The van der Waals surface area contributed by atoms with E-state index in [0.717, 1.165) is 0 Å². The van der Waals surface area contributed by atoms with E-state index in [0.29, 0.717) is 0 Å². The second kappa shape index (κ2) is 6.58. The first kappa shape index (κ1) is 16.2. The summed E-state index contributed by atoms with van der Waals surface area (Å²) in [6.07, 6.45) is 0. The van der Waals surface area contributed by atoms with E-state index in [-0.39, 0.29) is 78.7 Å². The van der Waals surface area contributed by atoms with Gasteiger partial charge in [0.2, 0.25) is 0 Å². The first-order chi connectivity index (χ1) is 2.00. The molecule has 0 aliphatic rings. The van der Waals surface area contributed by atoms with Crippen molar-refractivity contribution in [2.75, 3.05) is 0 Å². The van der Waals surface area contributed by atoms with Crippen LogP contribution in [0.15, 0.2) is 0 Å². The maximum atomic E-state index is 7.33. The van der Waals surface area contributed by atoms with Gasteiger partial charge in [0.1, 0.15) is 0 Å². The van der Waals surface area contributed by atoms with Crippen molar-refractivity contribution in [1.29, 1.82) is 0 Å². The van der Waals surface area contributed by atoms with Gasteiger partial charge in [-0.15, -0.1) is 0 Å².